The predicted octanol–water partition coefficient (Wildman–Crippen LogP) is 0.0385. The molecule has 2 rings (SSSR count). The van der Waals surface area contributed by atoms with Crippen LogP contribution in [-0.2, 0) is 9.47 Å². The summed E-state index contributed by atoms with van der Waals surface area (Å²) in [4.78, 5) is 2.17. The average molecular weight is 258 g/mol. The van der Waals surface area contributed by atoms with Crippen molar-refractivity contribution in [2.24, 2.45) is 5.92 Å². The molecule has 2 N–H and O–H groups in total. The standard InChI is InChI=1S/C13H26N2O3/c1-15-8-7-14-13(15)11(16)9-5-4-6-10(17-2)12(9)18-3/h9-14,16H,4-8H2,1-3H3/t9?,10?,11-,12?,13?/m0/s1. The molecule has 5 atom stereocenters. The first kappa shape index (κ1) is 14.2. The van der Waals surface area contributed by atoms with Crippen LogP contribution >= 0.6 is 0 Å². The second kappa shape index (κ2) is 6.30. The van der Waals surface area contributed by atoms with E-state index in [0.29, 0.717) is 0 Å². The molecule has 2 fully saturated rings. The Balaban J connectivity index is 2.04. The van der Waals surface area contributed by atoms with Gasteiger partial charge in [0.2, 0.25) is 0 Å². The fourth-order valence-electron chi connectivity index (χ4n) is 3.40. The molecule has 4 unspecified atom stereocenters. The largest absolute Gasteiger partial charge is 0.390 e. The molecule has 0 amide bonds. The maximum absolute atomic E-state index is 10.6. The average Bonchev–Trinajstić information content (AvgIpc) is 2.83. The summed E-state index contributed by atoms with van der Waals surface area (Å²) in [7, 11) is 5.49. The lowest BCUT2D eigenvalue weighted by atomic mass is 9.79. The van der Waals surface area contributed by atoms with E-state index in [4.69, 9.17) is 9.47 Å². The highest BCUT2D eigenvalue weighted by molar-refractivity contribution is 4.93. The van der Waals surface area contributed by atoms with Gasteiger partial charge in [0.25, 0.3) is 0 Å². The summed E-state index contributed by atoms with van der Waals surface area (Å²) < 4.78 is 11.1. The Kier molecular flexibility index (Phi) is 4.98. The Bertz CT molecular complexity index is 265. The van der Waals surface area contributed by atoms with Crippen LogP contribution in [0.25, 0.3) is 0 Å². The van der Waals surface area contributed by atoms with E-state index >= 15 is 0 Å². The lowest BCUT2D eigenvalue weighted by molar-refractivity contribution is -0.126. The van der Waals surface area contributed by atoms with Gasteiger partial charge in [0.1, 0.15) is 0 Å². The molecule has 106 valence electrons. The van der Waals surface area contributed by atoms with Crippen molar-refractivity contribution in [2.75, 3.05) is 34.4 Å². The second-order valence-corrected chi connectivity index (χ2v) is 5.44. The van der Waals surface area contributed by atoms with E-state index in [1.807, 2.05) is 7.05 Å². The van der Waals surface area contributed by atoms with Gasteiger partial charge in [-0.15, -0.1) is 0 Å². The van der Waals surface area contributed by atoms with Gasteiger partial charge in [-0.2, -0.15) is 0 Å². The molecule has 0 spiro atoms. The van der Waals surface area contributed by atoms with Crippen LogP contribution < -0.4 is 5.32 Å². The number of likely N-dealkylation sites (N-methyl/N-ethyl adjacent to an activating group) is 1. The normalized spacial score (nSPS) is 40.0. The number of hydrogen-bond acceptors (Lipinski definition) is 5. The molecule has 1 saturated carbocycles. The first-order valence-corrected chi connectivity index (χ1v) is 6.86. The van der Waals surface area contributed by atoms with Gasteiger partial charge >= 0.3 is 0 Å². The number of nitrogens with zero attached hydrogens (tertiary/aromatic N) is 1. The molecule has 0 bridgehead atoms. The summed E-state index contributed by atoms with van der Waals surface area (Å²) >= 11 is 0. The maximum Gasteiger partial charge on any atom is 0.0886 e. The molecule has 2 aliphatic rings. The summed E-state index contributed by atoms with van der Waals surface area (Å²) in [6, 6.07) is 0. The first-order valence-electron chi connectivity index (χ1n) is 6.86. The minimum absolute atomic E-state index is 0.00505. The summed E-state index contributed by atoms with van der Waals surface area (Å²) in [5.41, 5.74) is 0. The SMILES string of the molecule is COC1CCCC([C@H](O)C2NCCN2C)C1OC. The summed E-state index contributed by atoms with van der Waals surface area (Å²) in [6.07, 6.45) is 2.86. The molecule has 1 aliphatic heterocycles. The van der Waals surface area contributed by atoms with E-state index in [1.165, 1.54) is 0 Å². The Morgan fingerprint density at radius 2 is 2.06 bits per heavy atom. The summed E-state index contributed by atoms with van der Waals surface area (Å²) in [5.74, 6) is 0.145. The maximum atomic E-state index is 10.6. The van der Waals surface area contributed by atoms with Crippen LogP contribution in [0.15, 0.2) is 0 Å². The molecule has 1 saturated heterocycles. The van der Waals surface area contributed by atoms with Crippen molar-refractivity contribution in [2.45, 2.75) is 43.7 Å². The number of nitrogens with one attached hydrogen (secondary N) is 1. The van der Waals surface area contributed by atoms with Crippen LogP contribution in [0, 0.1) is 5.92 Å². The molecule has 0 aromatic carbocycles. The van der Waals surface area contributed by atoms with Crippen LogP contribution in [0.4, 0.5) is 0 Å². The predicted molar refractivity (Wildman–Crippen MR) is 69.4 cm³/mol. The number of hydrogen-bond donors (Lipinski definition) is 2. The number of ether oxygens (including phenoxy) is 2. The molecule has 1 heterocycles. The van der Waals surface area contributed by atoms with Crippen LogP contribution in [-0.4, -0.2) is 68.8 Å². The van der Waals surface area contributed by atoms with Gasteiger partial charge in [0.15, 0.2) is 0 Å². The minimum Gasteiger partial charge on any atom is -0.390 e. The summed E-state index contributed by atoms with van der Waals surface area (Å²) in [5, 5.41) is 14.0. The number of rotatable bonds is 4. The number of aliphatic hydroxyl groups excluding tert-OH is 1. The lowest BCUT2D eigenvalue weighted by Crippen LogP contribution is -2.54. The molecule has 5 heteroatoms. The monoisotopic (exact) mass is 258 g/mol. The molecule has 0 aromatic heterocycles. The Morgan fingerprint density at radius 1 is 1.28 bits per heavy atom. The highest BCUT2D eigenvalue weighted by atomic mass is 16.5. The first-order chi connectivity index (χ1) is 8.69. The highest BCUT2D eigenvalue weighted by Gasteiger charge is 2.42. The van der Waals surface area contributed by atoms with Gasteiger partial charge in [-0.3, -0.25) is 10.2 Å². The number of methoxy groups -OCH3 is 2. The van der Waals surface area contributed by atoms with Gasteiger partial charge in [-0.05, 0) is 19.9 Å². The zero-order valence-electron chi connectivity index (χ0n) is 11.6. The Morgan fingerprint density at radius 3 is 2.61 bits per heavy atom. The van der Waals surface area contributed by atoms with Crippen molar-refractivity contribution in [1.82, 2.24) is 10.2 Å². The topological polar surface area (TPSA) is 54.0 Å². The van der Waals surface area contributed by atoms with Gasteiger partial charge < -0.3 is 14.6 Å². The fraction of sp³-hybridized carbons (Fsp3) is 1.00. The van der Waals surface area contributed by atoms with Crippen molar-refractivity contribution in [3.8, 4) is 0 Å². The minimum atomic E-state index is -0.402. The third-order valence-electron chi connectivity index (χ3n) is 4.44. The van der Waals surface area contributed by atoms with E-state index in [-0.39, 0.29) is 24.3 Å². The lowest BCUT2D eigenvalue weighted by Gasteiger charge is -2.41. The quantitative estimate of drug-likeness (QED) is 0.745. The molecule has 0 radical (unpaired) electrons. The van der Waals surface area contributed by atoms with Crippen molar-refractivity contribution in [3.63, 3.8) is 0 Å². The van der Waals surface area contributed by atoms with Crippen molar-refractivity contribution in [3.05, 3.63) is 0 Å². The smallest absolute Gasteiger partial charge is 0.0886 e. The van der Waals surface area contributed by atoms with Crippen LogP contribution in [0.3, 0.4) is 0 Å². The highest BCUT2D eigenvalue weighted by Crippen LogP contribution is 2.32. The van der Waals surface area contributed by atoms with Gasteiger partial charge in [-0.25, -0.2) is 0 Å². The third kappa shape index (κ3) is 2.70. The third-order valence-corrected chi connectivity index (χ3v) is 4.44. The van der Waals surface area contributed by atoms with E-state index in [1.54, 1.807) is 14.2 Å². The van der Waals surface area contributed by atoms with Gasteiger partial charge in [-0.1, -0.05) is 6.42 Å². The van der Waals surface area contributed by atoms with Crippen LogP contribution in [0.2, 0.25) is 0 Å². The van der Waals surface area contributed by atoms with E-state index in [0.717, 1.165) is 32.4 Å². The molecular weight excluding hydrogens is 232 g/mol. The Labute approximate surface area is 109 Å². The van der Waals surface area contributed by atoms with Crippen LogP contribution in [0.5, 0.6) is 0 Å². The zero-order valence-corrected chi connectivity index (χ0v) is 11.6. The van der Waals surface area contributed by atoms with E-state index in [9.17, 15) is 5.11 Å². The van der Waals surface area contributed by atoms with Crippen molar-refractivity contribution in [1.29, 1.82) is 0 Å². The zero-order chi connectivity index (χ0) is 13.1. The fourth-order valence-corrected chi connectivity index (χ4v) is 3.40. The molecule has 5 nitrogen and oxygen atoms in total. The van der Waals surface area contributed by atoms with E-state index in [2.05, 4.69) is 10.2 Å². The van der Waals surface area contributed by atoms with Gasteiger partial charge in [0.05, 0.1) is 24.5 Å². The van der Waals surface area contributed by atoms with Crippen molar-refractivity contribution < 1.29 is 14.6 Å². The summed E-state index contributed by atoms with van der Waals surface area (Å²) in [6.45, 7) is 1.93. The number of aliphatic hydroxyl groups is 1. The van der Waals surface area contributed by atoms with E-state index < -0.39 is 6.10 Å². The van der Waals surface area contributed by atoms with Crippen molar-refractivity contribution >= 4 is 0 Å². The second-order valence-electron chi connectivity index (χ2n) is 5.44. The Hall–Kier alpha value is -0.200. The van der Waals surface area contributed by atoms with Crippen LogP contribution in [0.1, 0.15) is 19.3 Å². The van der Waals surface area contributed by atoms with Gasteiger partial charge in [0, 0.05) is 33.2 Å². The molecular formula is C13H26N2O3. The molecule has 0 aromatic rings. The molecule has 1 aliphatic carbocycles. The molecule has 18 heavy (non-hydrogen) atoms.